The van der Waals surface area contributed by atoms with E-state index in [0.29, 0.717) is 0 Å². The van der Waals surface area contributed by atoms with E-state index in [9.17, 15) is 9.90 Å². The number of fused-ring (bicyclic) bond motifs is 1. The summed E-state index contributed by atoms with van der Waals surface area (Å²) in [6.07, 6.45) is 6.75. The van der Waals surface area contributed by atoms with Crippen molar-refractivity contribution in [3.05, 3.63) is 58.9 Å². The number of benzene rings is 1. The molecule has 2 aromatic rings. The second-order valence-corrected chi connectivity index (χ2v) is 6.68. The van der Waals surface area contributed by atoms with Gasteiger partial charge in [-0.3, -0.25) is 0 Å². The maximum absolute atomic E-state index is 11.2. The summed E-state index contributed by atoms with van der Waals surface area (Å²) in [7, 11) is 0. The van der Waals surface area contributed by atoms with Gasteiger partial charge in [0.15, 0.2) is 5.69 Å². The molecule has 1 heterocycles. The van der Waals surface area contributed by atoms with Crippen LogP contribution in [0.1, 0.15) is 40.0 Å². The maximum Gasteiger partial charge on any atom is 0.354 e. The quantitative estimate of drug-likeness (QED) is 0.647. The number of carboxylic acid groups (broad SMARTS) is 1. The Bertz CT molecular complexity index is 670. The summed E-state index contributed by atoms with van der Waals surface area (Å²) in [6.45, 7) is 0. The smallest absolute Gasteiger partial charge is 0.354 e. The van der Waals surface area contributed by atoms with Crippen molar-refractivity contribution in [3.8, 4) is 0 Å². The molecule has 1 aromatic heterocycles. The van der Waals surface area contributed by atoms with Crippen LogP contribution in [0.15, 0.2) is 41.4 Å². The third-order valence-electron chi connectivity index (χ3n) is 4.05. The molecule has 0 amide bonds. The highest BCUT2D eigenvalue weighted by molar-refractivity contribution is 7.99. The van der Waals surface area contributed by atoms with Crippen molar-refractivity contribution >= 4 is 17.7 Å². The molecule has 1 N–H and O–H groups in total. The van der Waals surface area contributed by atoms with Crippen molar-refractivity contribution in [1.29, 1.82) is 0 Å². The van der Waals surface area contributed by atoms with Gasteiger partial charge in [-0.1, -0.05) is 18.2 Å². The van der Waals surface area contributed by atoms with Crippen LogP contribution in [-0.2, 0) is 19.3 Å². The van der Waals surface area contributed by atoms with E-state index in [2.05, 4.69) is 29.2 Å². The largest absolute Gasteiger partial charge is 0.477 e. The lowest BCUT2D eigenvalue weighted by molar-refractivity contribution is 0.0689. The van der Waals surface area contributed by atoms with Crippen LogP contribution in [-0.4, -0.2) is 21.8 Å². The third kappa shape index (κ3) is 3.33. The van der Waals surface area contributed by atoms with Crippen molar-refractivity contribution in [2.45, 2.75) is 37.0 Å². The Labute approximate surface area is 134 Å². The van der Waals surface area contributed by atoms with Gasteiger partial charge in [-0.15, -0.1) is 11.8 Å². The molecule has 0 saturated carbocycles. The SMILES string of the molecule is O=C(O)c1ncc(CCCSc2ccccc2)c2c1CCC2. The molecule has 0 aliphatic heterocycles. The number of nitrogens with zero attached hydrogens (tertiary/aromatic N) is 1. The van der Waals surface area contributed by atoms with Gasteiger partial charge >= 0.3 is 5.97 Å². The topological polar surface area (TPSA) is 50.2 Å². The second-order valence-electron chi connectivity index (χ2n) is 5.51. The molecule has 4 heteroatoms. The molecule has 3 rings (SSSR count). The minimum absolute atomic E-state index is 0.259. The molecule has 114 valence electrons. The van der Waals surface area contributed by atoms with Crippen LogP contribution in [0.4, 0.5) is 0 Å². The van der Waals surface area contributed by atoms with Gasteiger partial charge in [0.2, 0.25) is 0 Å². The molecular weight excluding hydrogens is 294 g/mol. The molecule has 0 unspecified atom stereocenters. The summed E-state index contributed by atoms with van der Waals surface area (Å²) in [6, 6.07) is 10.4. The fourth-order valence-electron chi connectivity index (χ4n) is 3.03. The molecule has 22 heavy (non-hydrogen) atoms. The summed E-state index contributed by atoms with van der Waals surface area (Å²) >= 11 is 1.87. The zero-order valence-electron chi connectivity index (χ0n) is 12.4. The molecule has 0 saturated heterocycles. The van der Waals surface area contributed by atoms with E-state index < -0.39 is 5.97 Å². The molecule has 3 nitrogen and oxygen atoms in total. The number of thioether (sulfide) groups is 1. The van der Waals surface area contributed by atoms with Crippen LogP contribution in [0.3, 0.4) is 0 Å². The molecule has 1 aliphatic rings. The number of aromatic nitrogens is 1. The first-order valence-corrected chi connectivity index (χ1v) is 8.65. The number of aryl methyl sites for hydroxylation is 1. The van der Waals surface area contributed by atoms with Crippen LogP contribution in [0, 0.1) is 0 Å². The standard InChI is InChI=1S/C18H19NO2S/c20-18(21)17-16-10-4-9-15(16)13(12-19-17)6-5-11-22-14-7-2-1-3-8-14/h1-3,7-8,12H,4-6,9-11H2,(H,20,21). The van der Waals surface area contributed by atoms with Gasteiger partial charge in [0.05, 0.1) is 0 Å². The van der Waals surface area contributed by atoms with E-state index >= 15 is 0 Å². The van der Waals surface area contributed by atoms with E-state index in [1.807, 2.05) is 17.8 Å². The van der Waals surface area contributed by atoms with E-state index in [1.54, 1.807) is 6.20 Å². The fourth-order valence-corrected chi connectivity index (χ4v) is 3.90. The Kier molecular flexibility index (Phi) is 4.78. The number of carboxylic acids is 1. The molecule has 0 atom stereocenters. The third-order valence-corrected chi connectivity index (χ3v) is 5.14. The summed E-state index contributed by atoms with van der Waals surface area (Å²) in [5.41, 5.74) is 3.72. The number of pyridine rings is 1. The van der Waals surface area contributed by atoms with Gasteiger partial charge < -0.3 is 5.11 Å². The lowest BCUT2D eigenvalue weighted by Crippen LogP contribution is -2.08. The van der Waals surface area contributed by atoms with Gasteiger partial charge in [-0.25, -0.2) is 9.78 Å². The van der Waals surface area contributed by atoms with Gasteiger partial charge in [0.1, 0.15) is 0 Å². The monoisotopic (exact) mass is 313 g/mol. The van der Waals surface area contributed by atoms with Crippen molar-refractivity contribution in [2.75, 3.05) is 5.75 Å². The van der Waals surface area contributed by atoms with Crippen molar-refractivity contribution in [3.63, 3.8) is 0 Å². The average molecular weight is 313 g/mol. The van der Waals surface area contributed by atoms with E-state index in [4.69, 9.17) is 0 Å². The Morgan fingerprint density at radius 2 is 1.95 bits per heavy atom. The van der Waals surface area contributed by atoms with Crippen molar-refractivity contribution < 1.29 is 9.90 Å². The number of aromatic carboxylic acids is 1. The molecule has 0 spiro atoms. The van der Waals surface area contributed by atoms with E-state index in [1.165, 1.54) is 16.0 Å². The first-order chi connectivity index (χ1) is 10.8. The van der Waals surface area contributed by atoms with E-state index in [0.717, 1.165) is 43.4 Å². The van der Waals surface area contributed by atoms with Gasteiger partial charge in [-0.05, 0) is 66.7 Å². The van der Waals surface area contributed by atoms with Gasteiger partial charge in [-0.2, -0.15) is 0 Å². The Balaban J connectivity index is 1.62. The predicted molar refractivity (Wildman–Crippen MR) is 88.7 cm³/mol. The molecule has 1 aliphatic carbocycles. The summed E-state index contributed by atoms with van der Waals surface area (Å²) in [5, 5.41) is 9.21. The van der Waals surface area contributed by atoms with Crippen LogP contribution in [0.2, 0.25) is 0 Å². The lowest BCUT2D eigenvalue weighted by Gasteiger charge is -2.10. The van der Waals surface area contributed by atoms with Gasteiger partial charge in [0.25, 0.3) is 0 Å². The predicted octanol–water partition coefficient (Wildman–Crippen LogP) is 3.99. The minimum atomic E-state index is -0.899. The number of hydrogen-bond donors (Lipinski definition) is 1. The number of hydrogen-bond acceptors (Lipinski definition) is 3. The first-order valence-electron chi connectivity index (χ1n) is 7.66. The summed E-state index contributed by atoms with van der Waals surface area (Å²) in [4.78, 5) is 16.7. The van der Waals surface area contributed by atoms with Crippen molar-refractivity contribution in [2.24, 2.45) is 0 Å². The average Bonchev–Trinajstić information content (AvgIpc) is 3.02. The number of rotatable bonds is 6. The van der Waals surface area contributed by atoms with Crippen molar-refractivity contribution in [1.82, 2.24) is 4.98 Å². The molecule has 0 fully saturated rings. The highest BCUT2D eigenvalue weighted by Crippen LogP contribution is 2.28. The van der Waals surface area contributed by atoms with Crippen LogP contribution in [0.5, 0.6) is 0 Å². The zero-order valence-corrected chi connectivity index (χ0v) is 13.2. The normalized spacial score (nSPS) is 13.1. The Morgan fingerprint density at radius 1 is 1.18 bits per heavy atom. The van der Waals surface area contributed by atoms with Gasteiger partial charge in [0, 0.05) is 11.1 Å². The zero-order chi connectivity index (χ0) is 15.4. The number of carbonyl (C=O) groups is 1. The molecular formula is C18H19NO2S. The Morgan fingerprint density at radius 3 is 2.73 bits per heavy atom. The fraction of sp³-hybridized carbons (Fsp3) is 0.333. The Hall–Kier alpha value is -1.81. The summed E-state index contributed by atoms with van der Waals surface area (Å²) < 4.78 is 0. The van der Waals surface area contributed by atoms with Crippen LogP contribution >= 0.6 is 11.8 Å². The van der Waals surface area contributed by atoms with Crippen LogP contribution in [0.25, 0.3) is 0 Å². The molecule has 1 aromatic carbocycles. The highest BCUT2D eigenvalue weighted by Gasteiger charge is 2.22. The summed E-state index contributed by atoms with van der Waals surface area (Å²) in [5.74, 6) is 0.170. The maximum atomic E-state index is 11.2. The van der Waals surface area contributed by atoms with Crippen LogP contribution < -0.4 is 0 Å². The first kappa shape index (κ1) is 15.1. The minimum Gasteiger partial charge on any atom is -0.477 e. The second kappa shape index (κ2) is 6.97. The lowest BCUT2D eigenvalue weighted by atomic mass is 10.0. The highest BCUT2D eigenvalue weighted by atomic mass is 32.2. The van der Waals surface area contributed by atoms with E-state index in [-0.39, 0.29) is 5.69 Å². The molecule has 0 radical (unpaired) electrons. The molecule has 0 bridgehead atoms.